The zero-order valence-electron chi connectivity index (χ0n) is 17.1. The maximum Gasteiger partial charge on any atom is 0.269 e. The number of benzene rings is 2. The first-order valence-electron chi connectivity index (χ1n) is 10.1. The molecule has 3 aromatic rings. The molecule has 1 aromatic heterocycles. The minimum Gasteiger partial charge on any atom is -0.339 e. The fourth-order valence-electron chi connectivity index (χ4n) is 3.64. The largest absolute Gasteiger partial charge is 0.339 e. The van der Waals surface area contributed by atoms with E-state index in [-0.39, 0.29) is 11.8 Å². The lowest BCUT2D eigenvalue weighted by molar-refractivity contribution is 0.0792. The van der Waals surface area contributed by atoms with Crippen LogP contribution in [0.1, 0.15) is 39.1 Å². The van der Waals surface area contributed by atoms with Crippen LogP contribution in [0, 0.1) is 6.92 Å². The average molecular weight is 418 g/mol. The number of carbonyl (C=O) groups excluding carboxylic acids is 2. The lowest BCUT2D eigenvalue weighted by Gasteiger charge is -2.16. The molecule has 158 valence electrons. The summed E-state index contributed by atoms with van der Waals surface area (Å²) >= 11 is 0. The van der Waals surface area contributed by atoms with Gasteiger partial charge >= 0.3 is 0 Å². The van der Waals surface area contributed by atoms with Crippen LogP contribution in [0.3, 0.4) is 0 Å². The molecule has 0 radical (unpaired) electrons. The molecule has 2 aromatic carbocycles. The molecule has 2 heterocycles. The van der Waals surface area contributed by atoms with Crippen molar-refractivity contribution < 1.29 is 9.59 Å². The minimum absolute atomic E-state index is 0.00785. The lowest BCUT2D eigenvalue weighted by atomic mass is 10.1. The Morgan fingerprint density at radius 2 is 1.71 bits per heavy atom. The number of nitrogens with one attached hydrogen (secondary N) is 2. The Morgan fingerprint density at radius 3 is 2.45 bits per heavy atom. The fraction of sp³-hybridized carbons (Fsp3) is 0.217. The van der Waals surface area contributed by atoms with E-state index in [1.165, 1.54) is 12.1 Å². The topological polar surface area (TPSA) is 104 Å². The highest BCUT2D eigenvalue weighted by atomic mass is 16.2. The number of carbonyl (C=O) groups is 2. The smallest absolute Gasteiger partial charge is 0.269 e. The van der Waals surface area contributed by atoms with Crippen molar-refractivity contribution in [3.63, 3.8) is 0 Å². The van der Waals surface area contributed by atoms with Gasteiger partial charge in [0, 0.05) is 42.0 Å². The van der Waals surface area contributed by atoms with Crippen LogP contribution in [0.25, 0.3) is 5.69 Å². The Balaban J connectivity index is 1.54. The second-order valence-electron chi connectivity index (χ2n) is 7.52. The van der Waals surface area contributed by atoms with Crippen molar-refractivity contribution in [2.24, 2.45) is 0 Å². The molecule has 1 aliphatic heterocycles. The summed E-state index contributed by atoms with van der Waals surface area (Å²) in [6.07, 6.45) is 2.06. The van der Waals surface area contributed by atoms with Gasteiger partial charge in [-0.3, -0.25) is 24.3 Å². The number of aryl methyl sites for hydroxylation is 1. The standard InChI is InChI=1S/C23H22N4O4/c1-15-13-17(23(31)26-11-2-3-12-26)7-8-19(15)24-22(30)16-5-4-6-18(14-16)27-21(29)10-9-20(28)25-27/h4-10,13-14H,2-3,11-12H2,1H3,(H,24,30)(H,25,28). The first-order valence-corrected chi connectivity index (χ1v) is 10.1. The molecule has 31 heavy (non-hydrogen) atoms. The number of anilines is 1. The maximum absolute atomic E-state index is 12.8. The number of amides is 2. The van der Waals surface area contributed by atoms with Crippen molar-refractivity contribution in [1.29, 1.82) is 0 Å². The Hall–Kier alpha value is -3.94. The van der Waals surface area contributed by atoms with Crippen LogP contribution in [0.4, 0.5) is 5.69 Å². The van der Waals surface area contributed by atoms with Gasteiger partial charge in [0.2, 0.25) is 0 Å². The van der Waals surface area contributed by atoms with Gasteiger partial charge in [-0.05, 0) is 61.7 Å². The zero-order chi connectivity index (χ0) is 22.0. The molecule has 0 aliphatic carbocycles. The van der Waals surface area contributed by atoms with Crippen LogP contribution in [-0.2, 0) is 0 Å². The van der Waals surface area contributed by atoms with Crippen LogP contribution in [0.15, 0.2) is 64.2 Å². The summed E-state index contributed by atoms with van der Waals surface area (Å²) in [5, 5.41) is 5.28. The van der Waals surface area contributed by atoms with Crippen LogP contribution in [0.2, 0.25) is 0 Å². The summed E-state index contributed by atoms with van der Waals surface area (Å²) in [5.41, 5.74) is 1.84. The number of hydrogen-bond acceptors (Lipinski definition) is 4. The SMILES string of the molecule is Cc1cc(C(=O)N2CCCC2)ccc1NC(=O)c1cccc(-n2[nH]c(=O)ccc2=O)c1. The van der Waals surface area contributed by atoms with E-state index in [0.717, 1.165) is 42.2 Å². The van der Waals surface area contributed by atoms with Gasteiger partial charge in [0.25, 0.3) is 22.9 Å². The molecule has 0 atom stereocenters. The highest BCUT2D eigenvalue weighted by molar-refractivity contribution is 6.05. The normalized spacial score (nSPS) is 13.3. The van der Waals surface area contributed by atoms with Crippen molar-refractivity contribution in [2.45, 2.75) is 19.8 Å². The second kappa shape index (κ2) is 8.43. The number of rotatable bonds is 4. The molecule has 8 nitrogen and oxygen atoms in total. The summed E-state index contributed by atoms with van der Waals surface area (Å²) in [6, 6.07) is 13.9. The van der Waals surface area contributed by atoms with E-state index in [2.05, 4.69) is 10.4 Å². The Kier molecular flexibility index (Phi) is 5.53. The maximum atomic E-state index is 12.8. The van der Waals surface area contributed by atoms with Gasteiger partial charge in [-0.2, -0.15) is 0 Å². The van der Waals surface area contributed by atoms with Gasteiger partial charge in [-0.25, -0.2) is 4.68 Å². The van der Waals surface area contributed by atoms with Crippen molar-refractivity contribution in [2.75, 3.05) is 18.4 Å². The van der Waals surface area contributed by atoms with E-state index in [1.807, 2.05) is 11.8 Å². The molecule has 4 rings (SSSR count). The Labute approximate surface area is 178 Å². The van der Waals surface area contributed by atoms with E-state index >= 15 is 0 Å². The second-order valence-corrected chi connectivity index (χ2v) is 7.52. The van der Waals surface area contributed by atoms with Crippen LogP contribution < -0.4 is 16.4 Å². The van der Waals surface area contributed by atoms with Gasteiger partial charge in [-0.1, -0.05) is 6.07 Å². The third-order valence-electron chi connectivity index (χ3n) is 5.30. The van der Waals surface area contributed by atoms with E-state index in [1.54, 1.807) is 36.4 Å². The van der Waals surface area contributed by atoms with E-state index in [9.17, 15) is 19.2 Å². The van der Waals surface area contributed by atoms with E-state index in [0.29, 0.717) is 22.5 Å². The first kappa shape index (κ1) is 20.3. The van der Waals surface area contributed by atoms with Crippen LogP contribution in [-0.4, -0.2) is 39.6 Å². The van der Waals surface area contributed by atoms with Crippen LogP contribution >= 0.6 is 0 Å². The van der Waals surface area contributed by atoms with Crippen molar-refractivity contribution >= 4 is 17.5 Å². The Bertz CT molecular complexity index is 1270. The van der Waals surface area contributed by atoms with Gasteiger partial charge in [0.15, 0.2) is 0 Å². The molecule has 1 fully saturated rings. The molecule has 0 saturated carbocycles. The highest BCUT2D eigenvalue weighted by Crippen LogP contribution is 2.20. The molecular weight excluding hydrogens is 396 g/mol. The third-order valence-corrected chi connectivity index (χ3v) is 5.30. The zero-order valence-corrected chi connectivity index (χ0v) is 17.1. The van der Waals surface area contributed by atoms with Crippen molar-refractivity contribution in [3.05, 3.63) is 92.0 Å². The van der Waals surface area contributed by atoms with Gasteiger partial charge in [-0.15, -0.1) is 0 Å². The predicted octanol–water partition coefficient (Wildman–Crippen LogP) is 2.32. The summed E-state index contributed by atoms with van der Waals surface area (Å²) in [7, 11) is 0. The number of aromatic amines is 1. The molecule has 1 aliphatic rings. The molecule has 1 saturated heterocycles. The number of likely N-dealkylation sites (tertiary alicyclic amines) is 1. The summed E-state index contributed by atoms with van der Waals surface area (Å²) in [4.78, 5) is 50.8. The quantitative estimate of drug-likeness (QED) is 0.678. The predicted molar refractivity (Wildman–Crippen MR) is 117 cm³/mol. The Morgan fingerprint density at radius 1 is 0.935 bits per heavy atom. The number of hydrogen-bond donors (Lipinski definition) is 2. The number of aromatic nitrogens is 2. The molecule has 8 heteroatoms. The van der Waals surface area contributed by atoms with Gasteiger partial charge in [0.05, 0.1) is 5.69 Å². The molecule has 2 amide bonds. The van der Waals surface area contributed by atoms with Gasteiger partial charge in [0.1, 0.15) is 0 Å². The molecular formula is C23H22N4O4. The van der Waals surface area contributed by atoms with Gasteiger partial charge < -0.3 is 10.2 Å². The number of nitrogens with zero attached hydrogens (tertiary/aromatic N) is 2. The summed E-state index contributed by atoms with van der Waals surface area (Å²) in [6.45, 7) is 3.39. The summed E-state index contributed by atoms with van der Waals surface area (Å²) in [5.74, 6) is -0.358. The molecule has 0 spiro atoms. The minimum atomic E-state index is -0.423. The number of H-pyrrole nitrogens is 1. The molecule has 2 N–H and O–H groups in total. The van der Waals surface area contributed by atoms with Crippen molar-refractivity contribution in [3.8, 4) is 5.69 Å². The summed E-state index contributed by atoms with van der Waals surface area (Å²) < 4.78 is 1.09. The highest BCUT2D eigenvalue weighted by Gasteiger charge is 2.20. The van der Waals surface area contributed by atoms with Crippen LogP contribution in [0.5, 0.6) is 0 Å². The first-order chi connectivity index (χ1) is 14.9. The lowest BCUT2D eigenvalue weighted by Crippen LogP contribution is -2.27. The average Bonchev–Trinajstić information content (AvgIpc) is 3.31. The fourth-order valence-corrected chi connectivity index (χ4v) is 3.64. The monoisotopic (exact) mass is 418 g/mol. The third kappa shape index (κ3) is 4.32. The van der Waals surface area contributed by atoms with Crippen molar-refractivity contribution in [1.82, 2.24) is 14.7 Å². The van der Waals surface area contributed by atoms with E-state index in [4.69, 9.17) is 0 Å². The molecule has 0 bridgehead atoms. The van der Waals surface area contributed by atoms with E-state index < -0.39 is 11.1 Å². The molecule has 0 unspecified atom stereocenters.